The second-order valence-corrected chi connectivity index (χ2v) is 9.28. The summed E-state index contributed by atoms with van der Waals surface area (Å²) in [5.41, 5.74) is 10.3. The second kappa shape index (κ2) is 8.17. The van der Waals surface area contributed by atoms with Crippen molar-refractivity contribution in [1.82, 2.24) is 0 Å². The van der Waals surface area contributed by atoms with Gasteiger partial charge in [0.15, 0.2) is 0 Å². The summed E-state index contributed by atoms with van der Waals surface area (Å²) in [4.78, 5) is 1.54. The zero-order valence-electron chi connectivity index (χ0n) is 18.1. The van der Waals surface area contributed by atoms with Crippen LogP contribution in [0.5, 0.6) is 0 Å². The van der Waals surface area contributed by atoms with Crippen molar-refractivity contribution >= 4 is 32.6 Å². The molecule has 0 radical (unpaired) electrons. The number of rotatable bonds is 4. The minimum atomic E-state index is 1.16. The number of hydrogen-bond donors (Lipinski definition) is 0. The molecular weight excluding hydrogens is 392 g/mol. The van der Waals surface area contributed by atoms with E-state index in [0.717, 1.165) is 5.57 Å². The van der Waals surface area contributed by atoms with Crippen LogP contribution in [0.25, 0.3) is 43.5 Å². The lowest BCUT2D eigenvalue weighted by Crippen LogP contribution is -1.92. The predicted octanol–water partition coefficient (Wildman–Crippen LogP) is 9.17. The molecule has 5 rings (SSSR count). The van der Waals surface area contributed by atoms with E-state index in [1.54, 1.807) is 4.88 Å². The topological polar surface area (TPSA) is 0 Å². The van der Waals surface area contributed by atoms with Crippen molar-refractivity contribution in [2.75, 3.05) is 0 Å². The second-order valence-electron chi connectivity index (χ2n) is 8.14. The van der Waals surface area contributed by atoms with E-state index in [1.165, 1.54) is 61.9 Å². The Labute approximate surface area is 188 Å². The summed E-state index contributed by atoms with van der Waals surface area (Å²) in [6, 6.07) is 24.6. The van der Waals surface area contributed by atoms with Crippen LogP contribution < -0.4 is 0 Å². The van der Waals surface area contributed by atoms with Crippen molar-refractivity contribution in [2.45, 2.75) is 26.7 Å². The highest BCUT2D eigenvalue weighted by Crippen LogP contribution is 2.41. The Morgan fingerprint density at radius 1 is 0.903 bits per heavy atom. The molecule has 1 heteroatoms. The van der Waals surface area contributed by atoms with Crippen molar-refractivity contribution in [3.05, 3.63) is 108 Å². The van der Waals surface area contributed by atoms with Gasteiger partial charge in [-0.1, -0.05) is 73.3 Å². The van der Waals surface area contributed by atoms with Crippen LogP contribution in [0, 0.1) is 0 Å². The first kappa shape index (κ1) is 19.8. The van der Waals surface area contributed by atoms with Crippen molar-refractivity contribution in [1.29, 1.82) is 0 Å². The first-order chi connectivity index (χ1) is 15.2. The Morgan fingerprint density at radius 2 is 1.61 bits per heavy atom. The molecule has 0 saturated carbocycles. The summed E-state index contributed by atoms with van der Waals surface area (Å²) in [5, 5.41) is 1.41. The third kappa shape index (κ3) is 3.60. The highest BCUT2D eigenvalue weighted by Gasteiger charge is 2.17. The third-order valence-corrected chi connectivity index (χ3v) is 7.49. The van der Waals surface area contributed by atoms with Gasteiger partial charge in [0, 0.05) is 15.0 Å². The zero-order valence-corrected chi connectivity index (χ0v) is 18.9. The van der Waals surface area contributed by atoms with E-state index in [2.05, 4.69) is 92.4 Å². The molecule has 3 aromatic carbocycles. The summed E-state index contributed by atoms with van der Waals surface area (Å²) in [7, 11) is 0. The fourth-order valence-electron chi connectivity index (χ4n) is 4.59. The summed E-state index contributed by atoms with van der Waals surface area (Å²) >= 11 is 1.96. The Bertz CT molecular complexity index is 1340. The van der Waals surface area contributed by atoms with E-state index in [9.17, 15) is 0 Å². The smallest absolute Gasteiger partial charge is 0.0352 e. The molecule has 0 fully saturated rings. The fraction of sp³-hybridized carbons (Fsp3) is 0.133. The van der Waals surface area contributed by atoms with Crippen LogP contribution in [0.2, 0.25) is 0 Å². The van der Waals surface area contributed by atoms with E-state index in [4.69, 9.17) is 0 Å². The van der Waals surface area contributed by atoms with Crippen LogP contribution in [0.1, 0.15) is 36.3 Å². The number of aryl methyl sites for hydroxylation is 1. The largest absolute Gasteiger partial charge is 0.140 e. The predicted molar refractivity (Wildman–Crippen MR) is 139 cm³/mol. The lowest BCUT2D eigenvalue weighted by atomic mass is 9.93. The maximum Gasteiger partial charge on any atom is 0.0352 e. The summed E-state index contributed by atoms with van der Waals surface area (Å²) in [5.74, 6) is 0. The minimum Gasteiger partial charge on any atom is -0.140 e. The van der Waals surface area contributed by atoms with Gasteiger partial charge in [-0.25, -0.2) is 0 Å². The molecule has 0 bridgehead atoms. The molecule has 1 aromatic heterocycles. The van der Waals surface area contributed by atoms with E-state index in [1.807, 2.05) is 24.3 Å². The van der Waals surface area contributed by atoms with Crippen molar-refractivity contribution in [3.8, 4) is 22.3 Å². The highest BCUT2D eigenvalue weighted by atomic mass is 32.1. The standard InChI is InChI=1S/C30H26S/c1-4-21(5-2)22-12-14-23(15-13-22)24-9-7-10-25(18-24)26-16-17-28-27(19-26)30-20(3)8-6-11-29(30)31-28/h4-5,7-10,12-19H,1,6,11H2,2-3H3/b21-5+. The van der Waals surface area contributed by atoms with Crippen LogP contribution in [0.4, 0.5) is 0 Å². The Hall–Kier alpha value is -3.16. The Morgan fingerprint density at radius 3 is 2.35 bits per heavy atom. The van der Waals surface area contributed by atoms with Gasteiger partial charge in [-0.15, -0.1) is 11.3 Å². The molecule has 0 atom stereocenters. The first-order valence-corrected chi connectivity index (χ1v) is 11.7. The van der Waals surface area contributed by atoms with Gasteiger partial charge in [0.1, 0.15) is 0 Å². The van der Waals surface area contributed by atoms with Gasteiger partial charge in [-0.05, 0) is 89.4 Å². The summed E-state index contributed by atoms with van der Waals surface area (Å²) in [6.07, 6.45) is 8.73. The van der Waals surface area contributed by atoms with Crippen LogP contribution in [0.15, 0.2) is 91.5 Å². The number of hydrogen-bond acceptors (Lipinski definition) is 1. The van der Waals surface area contributed by atoms with Gasteiger partial charge >= 0.3 is 0 Å². The molecule has 1 aliphatic carbocycles. The number of fused-ring (bicyclic) bond motifs is 3. The van der Waals surface area contributed by atoms with E-state index >= 15 is 0 Å². The Balaban J connectivity index is 1.53. The molecule has 4 aromatic rings. The fourth-order valence-corrected chi connectivity index (χ4v) is 5.86. The van der Waals surface area contributed by atoms with Crippen molar-refractivity contribution in [3.63, 3.8) is 0 Å². The lowest BCUT2D eigenvalue weighted by molar-refractivity contribution is 1.00. The zero-order chi connectivity index (χ0) is 21.4. The van der Waals surface area contributed by atoms with Gasteiger partial charge in [0.2, 0.25) is 0 Å². The van der Waals surface area contributed by atoms with Gasteiger partial charge in [-0.3, -0.25) is 0 Å². The maximum absolute atomic E-state index is 3.91. The van der Waals surface area contributed by atoms with Crippen LogP contribution in [-0.2, 0) is 6.42 Å². The molecular formula is C30H26S. The molecule has 0 spiro atoms. The van der Waals surface area contributed by atoms with E-state index < -0.39 is 0 Å². The summed E-state index contributed by atoms with van der Waals surface area (Å²) < 4.78 is 1.40. The number of benzene rings is 3. The van der Waals surface area contributed by atoms with Crippen molar-refractivity contribution < 1.29 is 0 Å². The molecule has 1 heterocycles. The monoisotopic (exact) mass is 418 g/mol. The van der Waals surface area contributed by atoms with Gasteiger partial charge in [0.05, 0.1) is 0 Å². The minimum absolute atomic E-state index is 1.16. The van der Waals surface area contributed by atoms with Gasteiger partial charge in [-0.2, -0.15) is 0 Å². The molecule has 31 heavy (non-hydrogen) atoms. The average molecular weight is 419 g/mol. The third-order valence-electron chi connectivity index (χ3n) is 6.26. The Kier molecular flexibility index (Phi) is 5.21. The SMILES string of the molecule is C=C/C(=C\C)c1ccc(-c2cccc(-c3ccc4sc5c(c4c3)C(C)=CCC5)c2)cc1. The van der Waals surface area contributed by atoms with Crippen LogP contribution in [0.3, 0.4) is 0 Å². The number of allylic oxidation sites excluding steroid dienone is 5. The molecule has 0 nitrogen and oxygen atoms in total. The average Bonchev–Trinajstić information content (AvgIpc) is 3.19. The van der Waals surface area contributed by atoms with E-state index in [-0.39, 0.29) is 0 Å². The summed E-state index contributed by atoms with van der Waals surface area (Å²) in [6.45, 7) is 8.22. The normalized spacial score (nSPS) is 13.7. The molecule has 1 aliphatic rings. The molecule has 0 saturated heterocycles. The molecule has 0 aliphatic heterocycles. The van der Waals surface area contributed by atoms with Gasteiger partial charge in [0.25, 0.3) is 0 Å². The molecule has 0 amide bonds. The molecule has 0 N–H and O–H groups in total. The first-order valence-electron chi connectivity index (χ1n) is 10.9. The number of thiophene rings is 1. The lowest BCUT2D eigenvalue weighted by Gasteiger charge is -2.11. The quantitative estimate of drug-likeness (QED) is 0.290. The molecule has 0 unspecified atom stereocenters. The molecule has 152 valence electrons. The van der Waals surface area contributed by atoms with Crippen LogP contribution in [-0.4, -0.2) is 0 Å². The van der Waals surface area contributed by atoms with Crippen molar-refractivity contribution in [2.24, 2.45) is 0 Å². The van der Waals surface area contributed by atoms with E-state index in [0.29, 0.717) is 0 Å². The maximum atomic E-state index is 3.91. The van der Waals surface area contributed by atoms with Crippen LogP contribution >= 0.6 is 11.3 Å². The highest BCUT2D eigenvalue weighted by molar-refractivity contribution is 7.19. The van der Waals surface area contributed by atoms with Gasteiger partial charge < -0.3 is 0 Å².